The van der Waals surface area contributed by atoms with Crippen LogP contribution in [0, 0.1) is 10.1 Å². The van der Waals surface area contributed by atoms with E-state index in [1.54, 1.807) is 27.2 Å². The lowest BCUT2D eigenvalue weighted by atomic mass is 10.1. The molecule has 0 saturated heterocycles. The van der Waals surface area contributed by atoms with Gasteiger partial charge < -0.3 is 10.2 Å². The van der Waals surface area contributed by atoms with Crippen molar-refractivity contribution in [2.45, 2.75) is 13.5 Å². The van der Waals surface area contributed by atoms with E-state index in [2.05, 4.69) is 5.32 Å². The predicted molar refractivity (Wildman–Crippen MR) is 82.3 cm³/mol. The van der Waals surface area contributed by atoms with Crippen LogP contribution in [0.3, 0.4) is 0 Å². The highest BCUT2D eigenvalue weighted by Gasteiger charge is 2.18. The van der Waals surface area contributed by atoms with E-state index in [4.69, 9.17) is 0 Å². The molecular weight excluding hydrogens is 272 g/mol. The predicted octanol–water partition coefficient (Wildman–Crippen LogP) is 1.55. The summed E-state index contributed by atoms with van der Waals surface area (Å²) >= 11 is 0. The third kappa shape index (κ3) is 4.42. The van der Waals surface area contributed by atoms with Crippen LogP contribution in [0.25, 0.3) is 0 Å². The average molecular weight is 294 g/mol. The lowest BCUT2D eigenvalue weighted by Gasteiger charge is -2.23. The van der Waals surface area contributed by atoms with Crippen molar-refractivity contribution in [3.63, 3.8) is 0 Å². The average Bonchev–Trinajstić information content (AvgIpc) is 2.45. The molecule has 7 heteroatoms. The number of hydrogen-bond donors (Lipinski definition) is 1. The lowest BCUT2D eigenvalue weighted by Crippen LogP contribution is -2.36. The molecule has 0 fully saturated rings. The highest BCUT2D eigenvalue weighted by Crippen LogP contribution is 2.28. The number of benzene rings is 1. The third-order valence-electron chi connectivity index (χ3n) is 3.27. The van der Waals surface area contributed by atoms with Crippen LogP contribution in [0.2, 0.25) is 0 Å². The van der Waals surface area contributed by atoms with Gasteiger partial charge >= 0.3 is 0 Å². The summed E-state index contributed by atoms with van der Waals surface area (Å²) in [7, 11) is 5.08. The molecule has 21 heavy (non-hydrogen) atoms. The quantitative estimate of drug-likeness (QED) is 0.609. The molecule has 0 aliphatic rings. The minimum Gasteiger partial charge on any atom is -0.382 e. The van der Waals surface area contributed by atoms with E-state index >= 15 is 0 Å². The molecule has 0 heterocycles. The van der Waals surface area contributed by atoms with E-state index in [1.807, 2.05) is 17.9 Å². The van der Waals surface area contributed by atoms with Crippen LogP contribution in [-0.2, 0) is 11.3 Å². The highest BCUT2D eigenvalue weighted by molar-refractivity contribution is 5.77. The molecule has 1 rings (SSSR count). The van der Waals surface area contributed by atoms with Gasteiger partial charge in [-0.25, -0.2) is 0 Å². The van der Waals surface area contributed by atoms with Gasteiger partial charge in [0.05, 0.1) is 11.5 Å². The Balaban J connectivity index is 2.97. The Morgan fingerprint density at radius 2 is 2.05 bits per heavy atom. The minimum absolute atomic E-state index is 0.00767. The number of nitrogens with zero attached hydrogens (tertiary/aromatic N) is 3. The molecule has 0 atom stereocenters. The molecule has 1 aromatic carbocycles. The van der Waals surface area contributed by atoms with Crippen LogP contribution in [0.5, 0.6) is 0 Å². The molecule has 116 valence electrons. The second-order valence-electron chi connectivity index (χ2n) is 4.91. The maximum Gasteiger partial charge on any atom is 0.292 e. The second kappa shape index (κ2) is 7.58. The fraction of sp³-hybridized carbons (Fsp3) is 0.500. The van der Waals surface area contributed by atoms with E-state index in [0.29, 0.717) is 18.8 Å². The number of likely N-dealkylation sites (N-methyl/N-ethyl adjacent to an activating group) is 2. The smallest absolute Gasteiger partial charge is 0.292 e. The van der Waals surface area contributed by atoms with Gasteiger partial charge in [0.2, 0.25) is 5.91 Å². The van der Waals surface area contributed by atoms with Crippen molar-refractivity contribution in [1.82, 2.24) is 9.80 Å². The second-order valence-corrected chi connectivity index (χ2v) is 4.91. The maximum absolute atomic E-state index is 11.8. The van der Waals surface area contributed by atoms with Crippen molar-refractivity contribution in [1.29, 1.82) is 0 Å². The molecule has 1 aromatic rings. The zero-order valence-electron chi connectivity index (χ0n) is 12.9. The van der Waals surface area contributed by atoms with Crippen LogP contribution >= 0.6 is 0 Å². The van der Waals surface area contributed by atoms with Crippen LogP contribution < -0.4 is 5.32 Å². The summed E-state index contributed by atoms with van der Waals surface area (Å²) in [5.74, 6) is 0.00767. The van der Waals surface area contributed by atoms with Gasteiger partial charge in [0.1, 0.15) is 5.69 Å². The summed E-state index contributed by atoms with van der Waals surface area (Å²) in [6, 6.07) is 4.97. The lowest BCUT2D eigenvalue weighted by molar-refractivity contribution is -0.384. The van der Waals surface area contributed by atoms with Crippen LogP contribution in [0.4, 0.5) is 11.4 Å². The monoisotopic (exact) mass is 294 g/mol. The van der Waals surface area contributed by atoms with E-state index in [0.717, 1.165) is 5.56 Å². The van der Waals surface area contributed by atoms with Gasteiger partial charge in [-0.1, -0.05) is 19.1 Å². The number of carbonyl (C=O) groups excluding carboxylic acids is 1. The number of carbonyl (C=O) groups is 1. The molecule has 0 radical (unpaired) electrons. The Hall–Kier alpha value is -2.15. The Kier molecular flexibility index (Phi) is 6.10. The van der Waals surface area contributed by atoms with E-state index < -0.39 is 4.92 Å². The summed E-state index contributed by atoms with van der Waals surface area (Å²) in [5.41, 5.74) is 1.35. The van der Waals surface area contributed by atoms with Gasteiger partial charge in [-0.2, -0.15) is 0 Å². The normalized spacial score (nSPS) is 10.5. The zero-order valence-corrected chi connectivity index (χ0v) is 12.9. The Morgan fingerprint density at radius 3 is 2.52 bits per heavy atom. The first-order chi connectivity index (χ1) is 9.90. The first kappa shape index (κ1) is 16.9. The molecular formula is C14H22N4O3. The summed E-state index contributed by atoms with van der Waals surface area (Å²) in [5, 5.41) is 13.9. The Bertz CT molecular complexity index is 517. The van der Waals surface area contributed by atoms with Gasteiger partial charge in [-0.15, -0.1) is 0 Å². The first-order valence-electron chi connectivity index (χ1n) is 6.77. The minimum atomic E-state index is -0.406. The van der Waals surface area contributed by atoms with Crippen molar-refractivity contribution in [2.24, 2.45) is 0 Å². The summed E-state index contributed by atoms with van der Waals surface area (Å²) in [4.78, 5) is 25.9. The summed E-state index contributed by atoms with van der Waals surface area (Å²) < 4.78 is 0. The number of amides is 1. The van der Waals surface area contributed by atoms with Gasteiger partial charge in [-0.3, -0.25) is 19.8 Å². The number of hydrogen-bond acceptors (Lipinski definition) is 5. The van der Waals surface area contributed by atoms with Gasteiger partial charge in [0, 0.05) is 33.8 Å². The number of para-hydroxylation sites is 1. The maximum atomic E-state index is 11.8. The van der Waals surface area contributed by atoms with Crippen molar-refractivity contribution in [2.75, 3.05) is 39.5 Å². The molecule has 0 aromatic heterocycles. The van der Waals surface area contributed by atoms with Gasteiger partial charge in [0.15, 0.2) is 0 Å². The summed E-state index contributed by atoms with van der Waals surface area (Å²) in [6.07, 6.45) is 0. The topological polar surface area (TPSA) is 78.7 Å². The van der Waals surface area contributed by atoms with Crippen LogP contribution in [0.15, 0.2) is 18.2 Å². The van der Waals surface area contributed by atoms with Crippen LogP contribution in [-0.4, -0.2) is 54.9 Å². The van der Waals surface area contributed by atoms with E-state index in [9.17, 15) is 14.9 Å². The van der Waals surface area contributed by atoms with Crippen LogP contribution in [0.1, 0.15) is 12.5 Å². The zero-order chi connectivity index (χ0) is 16.0. The number of nitrogens with one attached hydrogen (secondary N) is 1. The number of rotatable bonds is 7. The van der Waals surface area contributed by atoms with Gasteiger partial charge in [-0.05, 0) is 12.1 Å². The van der Waals surface area contributed by atoms with E-state index in [-0.39, 0.29) is 18.1 Å². The molecule has 0 saturated carbocycles. The molecule has 0 unspecified atom stereocenters. The molecule has 1 N–H and O–H groups in total. The molecule has 0 spiro atoms. The Labute approximate surface area is 124 Å². The first-order valence-corrected chi connectivity index (χ1v) is 6.77. The third-order valence-corrected chi connectivity index (χ3v) is 3.27. The number of nitro groups is 1. The molecule has 0 aliphatic carbocycles. The standard InChI is InChI=1S/C14H22N4O3/c1-5-17(10-13(19)16(3)4)9-11-7-6-8-12(18(20)21)14(11)15-2/h6-8,15H,5,9-10H2,1-4H3. The molecule has 1 amide bonds. The van der Waals surface area contributed by atoms with Crippen molar-refractivity contribution in [3.8, 4) is 0 Å². The largest absolute Gasteiger partial charge is 0.382 e. The number of nitro benzene ring substituents is 1. The highest BCUT2D eigenvalue weighted by atomic mass is 16.6. The fourth-order valence-corrected chi connectivity index (χ4v) is 2.01. The molecule has 0 bridgehead atoms. The molecule has 0 aliphatic heterocycles. The molecule has 7 nitrogen and oxygen atoms in total. The van der Waals surface area contributed by atoms with Crippen molar-refractivity contribution < 1.29 is 9.72 Å². The van der Waals surface area contributed by atoms with E-state index in [1.165, 1.54) is 11.0 Å². The Morgan fingerprint density at radius 1 is 1.38 bits per heavy atom. The van der Waals surface area contributed by atoms with Crippen molar-refractivity contribution >= 4 is 17.3 Å². The summed E-state index contributed by atoms with van der Waals surface area (Å²) in [6.45, 7) is 3.41. The fourth-order valence-electron chi connectivity index (χ4n) is 2.01. The SMILES string of the molecule is CCN(CC(=O)N(C)C)Cc1cccc([N+](=O)[O-])c1NC. The van der Waals surface area contributed by atoms with Gasteiger partial charge in [0.25, 0.3) is 5.69 Å². The van der Waals surface area contributed by atoms with Crippen molar-refractivity contribution in [3.05, 3.63) is 33.9 Å². The number of anilines is 1.